The Morgan fingerprint density at radius 2 is 2.14 bits per heavy atom. The third-order valence-corrected chi connectivity index (χ3v) is 5.32. The number of para-hydroxylation sites is 1. The van der Waals surface area contributed by atoms with Gasteiger partial charge in [0.15, 0.2) is 0 Å². The Hall–Kier alpha value is -2.59. The molecular weight excluding hydrogens is 457 g/mol. The van der Waals surface area contributed by atoms with Gasteiger partial charge in [-0.3, -0.25) is 0 Å². The number of carboxylic acid groups (broad SMARTS) is 1. The summed E-state index contributed by atoms with van der Waals surface area (Å²) >= 11 is 3.14. The average Bonchev–Trinajstić information content (AvgIpc) is 3.18. The van der Waals surface area contributed by atoms with Crippen LogP contribution in [0, 0.1) is 5.82 Å². The molecule has 0 unspecified atom stereocenters. The van der Waals surface area contributed by atoms with E-state index in [1.807, 2.05) is 0 Å². The number of imidazole rings is 1. The summed E-state index contributed by atoms with van der Waals surface area (Å²) in [4.78, 5) is 15.4. The van der Waals surface area contributed by atoms with Crippen LogP contribution in [0.5, 0.6) is 5.75 Å². The van der Waals surface area contributed by atoms with Gasteiger partial charge in [-0.05, 0) is 28.4 Å². The molecule has 4 rings (SSSR count). The van der Waals surface area contributed by atoms with Gasteiger partial charge >= 0.3 is 12.6 Å². The second-order valence-corrected chi connectivity index (χ2v) is 7.33. The number of aromatic nitrogens is 2. The van der Waals surface area contributed by atoms with Crippen molar-refractivity contribution in [1.29, 1.82) is 0 Å². The first-order valence-electron chi connectivity index (χ1n) is 8.59. The van der Waals surface area contributed by atoms with Crippen molar-refractivity contribution in [3.05, 3.63) is 63.8 Å². The minimum atomic E-state index is -3.00. The number of ether oxygens (including phenoxy) is 2. The number of carboxylic acids is 1. The van der Waals surface area contributed by atoms with E-state index in [1.165, 1.54) is 18.3 Å². The van der Waals surface area contributed by atoms with Gasteiger partial charge in [0.05, 0.1) is 15.9 Å². The van der Waals surface area contributed by atoms with Crippen molar-refractivity contribution in [2.24, 2.45) is 0 Å². The predicted octanol–water partition coefficient (Wildman–Crippen LogP) is 4.52. The number of pyridine rings is 1. The molecule has 0 fully saturated rings. The number of aliphatic carboxylic acids is 1. The molecule has 29 heavy (non-hydrogen) atoms. The molecule has 152 valence electrons. The standard InChI is InChI=1S/C19H14BrF3N2O4/c20-11-7-25-15(6-12(11)21)24-17-14(28-8-16(26)27)5-10(18(17)25)9-3-1-2-4-13(9)29-19(22)23/h1-4,6-7,10,14,19H,5,8H2,(H,26,27)/t10-,14-/m1/s1. The molecule has 1 aromatic carbocycles. The molecule has 0 spiro atoms. The topological polar surface area (TPSA) is 73.1 Å². The van der Waals surface area contributed by atoms with E-state index in [0.29, 0.717) is 22.6 Å². The predicted molar refractivity (Wildman–Crippen MR) is 98.7 cm³/mol. The molecule has 0 saturated carbocycles. The normalized spacial score (nSPS) is 18.4. The smallest absolute Gasteiger partial charge is 0.387 e. The maximum Gasteiger partial charge on any atom is 0.387 e. The van der Waals surface area contributed by atoms with E-state index < -0.39 is 37.0 Å². The number of alkyl halides is 2. The summed E-state index contributed by atoms with van der Waals surface area (Å²) in [5, 5.41) is 8.95. The summed E-state index contributed by atoms with van der Waals surface area (Å²) in [6.45, 7) is -3.54. The zero-order chi connectivity index (χ0) is 20.7. The molecule has 0 amide bonds. The molecule has 1 aliphatic carbocycles. The van der Waals surface area contributed by atoms with Gasteiger partial charge in [0.2, 0.25) is 0 Å². The van der Waals surface area contributed by atoms with Gasteiger partial charge < -0.3 is 19.0 Å². The summed E-state index contributed by atoms with van der Waals surface area (Å²) in [5.74, 6) is -2.12. The highest BCUT2D eigenvalue weighted by molar-refractivity contribution is 9.10. The van der Waals surface area contributed by atoms with Crippen LogP contribution in [0.2, 0.25) is 0 Å². The molecule has 0 radical (unpaired) electrons. The second-order valence-electron chi connectivity index (χ2n) is 6.48. The maximum atomic E-state index is 14.0. The summed E-state index contributed by atoms with van der Waals surface area (Å²) in [7, 11) is 0. The Kier molecular flexibility index (Phi) is 5.22. The number of halogens is 4. The summed E-state index contributed by atoms with van der Waals surface area (Å²) in [6.07, 6.45) is 1.10. The molecule has 3 aromatic rings. The van der Waals surface area contributed by atoms with Gasteiger partial charge in [-0.2, -0.15) is 8.78 Å². The van der Waals surface area contributed by atoms with Crippen molar-refractivity contribution in [2.75, 3.05) is 6.61 Å². The van der Waals surface area contributed by atoms with E-state index in [0.717, 1.165) is 0 Å². The number of fused-ring (bicyclic) bond motifs is 3. The minimum absolute atomic E-state index is 0.00784. The van der Waals surface area contributed by atoms with Crippen molar-refractivity contribution in [3.8, 4) is 5.75 Å². The zero-order valence-electron chi connectivity index (χ0n) is 14.7. The number of hydrogen-bond acceptors (Lipinski definition) is 4. The fourth-order valence-corrected chi connectivity index (χ4v) is 3.98. The van der Waals surface area contributed by atoms with Crippen LogP contribution in [0.4, 0.5) is 13.2 Å². The maximum absolute atomic E-state index is 14.0. The van der Waals surface area contributed by atoms with E-state index in [4.69, 9.17) is 9.84 Å². The lowest BCUT2D eigenvalue weighted by Gasteiger charge is -2.18. The molecule has 0 aliphatic heterocycles. The molecule has 2 atom stereocenters. The highest BCUT2D eigenvalue weighted by atomic mass is 79.9. The largest absolute Gasteiger partial charge is 0.480 e. The Balaban J connectivity index is 1.85. The van der Waals surface area contributed by atoms with Crippen LogP contribution in [-0.4, -0.2) is 33.7 Å². The molecule has 6 nitrogen and oxygen atoms in total. The quantitative estimate of drug-likeness (QED) is 0.573. The van der Waals surface area contributed by atoms with Crippen molar-refractivity contribution in [1.82, 2.24) is 9.38 Å². The molecule has 1 N–H and O–H groups in total. The van der Waals surface area contributed by atoms with Gasteiger partial charge in [-0.1, -0.05) is 18.2 Å². The first-order chi connectivity index (χ1) is 13.8. The molecule has 2 heterocycles. The Labute approximate surface area is 171 Å². The third kappa shape index (κ3) is 3.69. The van der Waals surface area contributed by atoms with Crippen molar-refractivity contribution < 1.29 is 32.5 Å². The lowest BCUT2D eigenvalue weighted by Crippen LogP contribution is -2.11. The molecule has 1 aliphatic rings. The van der Waals surface area contributed by atoms with Crippen molar-refractivity contribution in [2.45, 2.75) is 25.1 Å². The molecule has 2 aromatic heterocycles. The Morgan fingerprint density at radius 3 is 2.86 bits per heavy atom. The van der Waals surface area contributed by atoms with Gasteiger partial charge in [-0.25, -0.2) is 14.2 Å². The van der Waals surface area contributed by atoms with E-state index in [9.17, 15) is 18.0 Å². The first kappa shape index (κ1) is 19.7. The molecular formula is C19H14BrF3N2O4. The average molecular weight is 471 g/mol. The SMILES string of the molecule is O=C(O)CO[C@@H]1C[C@H](c2ccccc2OC(F)F)c2c1nc1cc(F)c(Br)cn21. The number of rotatable bonds is 6. The highest BCUT2D eigenvalue weighted by Crippen LogP contribution is 2.48. The van der Waals surface area contributed by atoms with Crippen LogP contribution in [0.1, 0.15) is 35.4 Å². The van der Waals surface area contributed by atoms with E-state index in [1.54, 1.807) is 22.6 Å². The summed E-state index contributed by atoms with van der Waals surface area (Å²) in [6, 6.07) is 7.60. The lowest BCUT2D eigenvalue weighted by atomic mass is 9.95. The van der Waals surface area contributed by atoms with Gasteiger partial charge in [-0.15, -0.1) is 0 Å². The van der Waals surface area contributed by atoms with E-state index >= 15 is 0 Å². The minimum Gasteiger partial charge on any atom is -0.480 e. The Bertz CT molecular complexity index is 1090. The van der Waals surface area contributed by atoms with E-state index in [2.05, 4.69) is 25.7 Å². The number of hydrogen-bond donors (Lipinski definition) is 1. The Morgan fingerprint density at radius 1 is 1.38 bits per heavy atom. The highest BCUT2D eigenvalue weighted by Gasteiger charge is 2.39. The zero-order valence-corrected chi connectivity index (χ0v) is 16.3. The van der Waals surface area contributed by atoms with Crippen LogP contribution in [0.25, 0.3) is 5.65 Å². The molecule has 10 heteroatoms. The molecule has 0 saturated heterocycles. The second kappa shape index (κ2) is 7.68. The van der Waals surface area contributed by atoms with Crippen molar-refractivity contribution >= 4 is 27.5 Å². The number of carbonyl (C=O) groups is 1. The van der Waals surface area contributed by atoms with Crippen LogP contribution in [0.15, 0.2) is 41.0 Å². The van der Waals surface area contributed by atoms with Crippen LogP contribution >= 0.6 is 15.9 Å². The fourth-order valence-electron chi connectivity index (χ4n) is 3.66. The van der Waals surface area contributed by atoms with Crippen molar-refractivity contribution in [3.63, 3.8) is 0 Å². The van der Waals surface area contributed by atoms with Crippen LogP contribution in [-0.2, 0) is 9.53 Å². The number of nitrogens with zero attached hydrogens (tertiary/aromatic N) is 2. The fraction of sp³-hybridized carbons (Fsp3) is 0.263. The molecule has 0 bridgehead atoms. The summed E-state index contributed by atoms with van der Waals surface area (Å²) in [5.41, 5.74) is 1.84. The number of benzene rings is 1. The lowest BCUT2D eigenvalue weighted by molar-refractivity contribution is -0.144. The van der Waals surface area contributed by atoms with Gasteiger partial charge in [0, 0.05) is 23.7 Å². The monoisotopic (exact) mass is 470 g/mol. The van der Waals surface area contributed by atoms with Gasteiger partial charge in [0.25, 0.3) is 0 Å². The first-order valence-corrected chi connectivity index (χ1v) is 9.38. The van der Waals surface area contributed by atoms with Gasteiger partial charge in [0.1, 0.15) is 29.9 Å². The van der Waals surface area contributed by atoms with Crippen LogP contribution in [0.3, 0.4) is 0 Å². The summed E-state index contributed by atoms with van der Waals surface area (Å²) < 4.78 is 51.8. The van der Waals surface area contributed by atoms with E-state index in [-0.39, 0.29) is 16.6 Å². The van der Waals surface area contributed by atoms with Crippen LogP contribution < -0.4 is 4.74 Å². The third-order valence-electron chi connectivity index (χ3n) is 4.73.